The first-order valence-corrected chi connectivity index (χ1v) is 4.53. The molecular weight excluding hydrogens is 214 g/mol. The van der Waals surface area contributed by atoms with Gasteiger partial charge in [-0.25, -0.2) is 0 Å². The maximum atomic E-state index is 10.8. The van der Waals surface area contributed by atoms with Gasteiger partial charge in [0.25, 0.3) is 0 Å². The Labute approximate surface area is 95.6 Å². The van der Waals surface area contributed by atoms with E-state index in [1.54, 1.807) is 6.07 Å². The Morgan fingerprint density at radius 2 is 2.00 bits per heavy atom. The third kappa shape index (κ3) is 3.67. The normalized spacial score (nSPS) is 9.13. The van der Waals surface area contributed by atoms with Crippen molar-refractivity contribution in [2.75, 3.05) is 23.7 Å². The molecule has 0 bridgehead atoms. The first kappa shape index (κ1) is 13.6. The zero-order valence-corrected chi connectivity index (χ0v) is 9.46. The smallest absolute Gasteiger partial charge is 0.236 e. The molecule has 0 heterocycles. The summed E-state index contributed by atoms with van der Waals surface area (Å²) >= 11 is 0. The van der Waals surface area contributed by atoms with Gasteiger partial charge in [-0.05, 0) is 19.1 Å². The molecule has 0 aromatic heterocycles. The number of likely N-dealkylation sites (N-methyl/N-ethyl adjacent to an activating group) is 1. The number of hydrogen-bond donors (Lipinski definition) is 2. The molecule has 1 aromatic carbocycles. The number of para-hydroxylation sites is 2. The Balaban J connectivity index is 0.00000196. The highest BCUT2D eigenvalue weighted by molar-refractivity contribution is 5.85. The van der Waals surface area contributed by atoms with E-state index < -0.39 is 0 Å². The topological polar surface area (TPSA) is 72.3 Å². The van der Waals surface area contributed by atoms with Crippen molar-refractivity contribution in [2.45, 2.75) is 6.92 Å². The fraction of sp³-hybridized carbons (Fsp3) is 0.300. The molecule has 0 aliphatic rings. The Morgan fingerprint density at radius 3 is 2.47 bits per heavy atom. The third-order valence-corrected chi connectivity index (χ3v) is 2.01. The van der Waals surface area contributed by atoms with Gasteiger partial charge in [-0.1, -0.05) is 12.1 Å². The van der Waals surface area contributed by atoms with Gasteiger partial charge in [0.2, 0.25) is 5.91 Å². The third-order valence-electron chi connectivity index (χ3n) is 2.01. The summed E-state index contributed by atoms with van der Waals surface area (Å²) in [5.41, 5.74) is 12.4. The lowest BCUT2D eigenvalue weighted by Crippen LogP contribution is -2.33. The summed E-state index contributed by atoms with van der Waals surface area (Å²) in [7, 11) is 0. The Bertz CT molecular complexity index is 330. The Kier molecular flexibility index (Phi) is 5.56. The molecular formula is C10H16ClN3O. The molecule has 0 aliphatic carbocycles. The van der Waals surface area contributed by atoms with Crippen LogP contribution >= 0.6 is 12.4 Å². The minimum Gasteiger partial charge on any atom is -0.397 e. The van der Waals surface area contributed by atoms with E-state index >= 15 is 0 Å². The van der Waals surface area contributed by atoms with Crippen LogP contribution in [0.3, 0.4) is 0 Å². The van der Waals surface area contributed by atoms with E-state index in [2.05, 4.69) is 0 Å². The van der Waals surface area contributed by atoms with E-state index in [0.29, 0.717) is 12.2 Å². The van der Waals surface area contributed by atoms with Crippen LogP contribution in [0.5, 0.6) is 0 Å². The van der Waals surface area contributed by atoms with Crippen molar-refractivity contribution in [3.8, 4) is 0 Å². The lowest BCUT2D eigenvalue weighted by molar-refractivity contribution is -0.116. The van der Waals surface area contributed by atoms with E-state index in [9.17, 15) is 4.79 Å². The molecule has 4 nitrogen and oxygen atoms in total. The van der Waals surface area contributed by atoms with Crippen molar-refractivity contribution < 1.29 is 4.79 Å². The van der Waals surface area contributed by atoms with Crippen LogP contribution in [0.2, 0.25) is 0 Å². The molecule has 0 atom stereocenters. The van der Waals surface area contributed by atoms with Crippen molar-refractivity contribution in [3.05, 3.63) is 24.3 Å². The molecule has 15 heavy (non-hydrogen) atoms. The minimum absolute atomic E-state index is 0. The number of hydrogen-bond acceptors (Lipinski definition) is 3. The molecule has 1 amide bonds. The van der Waals surface area contributed by atoms with E-state index in [4.69, 9.17) is 11.5 Å². The van der Waals surface area contributed by atoms with Crippen molar-refractivity contribution in [1.29, 1.82) is 0 Å². The van der Waals surface area contributed by atoms with Gasteiger partial charge in [-0.15, -0.1) is 12.4 Å². The van der Waals surface area contributed by atoms with Crippen molar-refractivity contribution in [2.24, 2.45) is 5.73 Å². The van der Waals surface area contributed by atoms with Crippen molar-refractivity contribution in [1.82, 2.24) is 0 Å². The SMILES string of the molecule is CCN(CC(N)=O)c1ccccc1N.Cl. The lowest BCUT2D eigenvalue weighted by atomic mass is 10.2. The van der Waals surface area contributed by atoms with Crippen LogP contribution in [0.15, 0.2) is 24.3 Å². The van der Waals surface area contributed by atoms with Gasteiger partial charge in [0, 0.05) is 6.54 Å². The molecule has 0 fully saturated rings. The number of benzene rings is 1. The second-order valence-corrected chi connectivity index (χ2v) is 3.04. The van der Waals surface area contributed by atoms with Gasteiger partial charge < -0.3 is 16.4 Å². The molecule has 4 N–H and O–H groups in total. The molecule has 0 saturated heterocycles. The average Bonchev–Trinajstić information content (AvgIpc) is 2.15. The first-order valence-electron chi connectivity index (χ1n) is 4.53. The highest BCUT2D eigenvalue weighted by Gasteiger charge is 2.09. The largest absolute Gasteiger partial charge is 0.397 e. The molecule has 1 aromatic rings. The predicted molar refractivity (Wildman–Crippen MR) is 65.2 cm³/mol. The second kappa shape index (κ2) is 6.14. The molecule has 84 valence electrons. The maximum absolute atomic E-state index is 10.8. The number of nitrogens with two attached hydrogens (primary N) is 2. The van der Waals surface area contributed by atoms with Gasteiger partial charge in [-0.2, -0.15) is 0 Å². The molecule has 0 saturated carbocycles. The van der Waals surface area contributed by atoms with E-state index in [0.717, 1.165) is 5.69 Å². The number of carbonyl (C=O) groups is 1. The molecule has 0 radical (unpaired) electrons. The predicted octanol–water partition coefficient (Wildman–Crippen LogP) is 1.00. The molecule has 0 spiro atoms. The number of rotatable bonds is 4. The number of nitrogens with zero attached hydrogens (tertiary/aromatic N) is 1. The summed E-state index contributed by atoms with van der Waals surface area (Å²) in [6.45, 7) is 2.86. The standard InChI is InChI=1S/C10H15N3O.ClH/c1-2-13(7-10(12)14)9-6-4-3-5-8(9)11;/h3-6H,2,7,11H2,1H3,(H2,12,14);1H. The zero-order chi connectivity index (χ0) is 10.6. The summed E-state index contributed by atoms with van der Waals surface area (Å²) in [6, 6.07) is 7.42. The van der Waals surface area contributed by atoms with Gasteiger partial charge >= 0.3 is 0 Å². The van der Waals surface area contributed by atoms with Crippen molar-refractivity contribution >= 4 is 29.7 Å². The zero-order valence-electron chi connectivity index (χ0n) is 8.64. The second-order valence-electron chi connectivity index (χ2n) is 3.04. The molecule has 1 rings (SSSR count). The summed E-state index contributed by atoms with van der Waals surface area (Å²) in [5.74, 6) is -0.352. The van der Waals surface area contributed by atoms with Crippen LogP contribution < -0.4 is 16.4 Å². The van der Waals surface area contributed by atoms with Crippen LogP contribution in [0, 0.1) is 0 Å². The van der Waals surface area contributed by atoms with Gasteiger partial charge in [-0.3, -0.25) is 4.79 Å². The average molecular weight is 230 g/mol. The molecule has 0 unspecified atom stereocenters. The lowest BCUT2D eigenvalue weighted by Gasteiger charge is -2.22. The number of halogens is 1. The van der Waals surface area contributed by atoms with E-state index in [-0.39, 0.29) is 24.9 Å². The van der Waals surface area contributed by atoms with E-state index in [1.165, 1.54) is 0 Å². The highest BCUT2D eigenvalue weighted by atomic mass is 35.5. The number of nitrogen functional groups attached to an aromatic ring is 1. The van der Waals surface area contributed by atoms with Crippen LogP contribution in [-0.4, -0.2) is 19.0 Å². The van der Waals surface area contributed by atoms with Crippen molar-refractivity contribution in [3.63, 3.8) is 0 Å². The Morgan fingerprint density at radius 1 is 1.40 bits per heavy atom. The van der Waals surface area contributed by atoms with Gasteiger partial charge in [0.1, 0.15) is 0 Å². The number of carbonyl (C=O) groups excluding carboxylic acids is 1. The number of anilines is 2. The fourth-order valence-corrected chi connectivity index (χ4v) is 1.33. The quantitative estimate of drug-likeness (QED) is 0.757. The van der Waals surface area contributed by atoms with Gasteiger partial charge in [0.05, 0.1) is 17.9 Å². The molecule has 0 aliphatic heterocycles. The summed E-state index contributed by atoms with van der Waals surface area (Å²) in [6.07, 6.45) is 0. The highest BCUT2D eigenvalue weighted by Crippen LogP contribution is 2.21. The minimum atomic E-state index is -0.352. The summed E-state index contributed by atoms with van der Waals surface area (Å²) in [4.78, 5) is 12.6. The first-order chi connectivity index (χ1) is 6.65. The number of primary amides is 1. The summed E-state index contributed by atoms with van der Waals surface area (Å²) in [5, 5.41) is 0. The Hall–Kier alpha value is -1.42. The van der Waals surface area contributed by atoms with Crippen LogP contribution in [-0.2, 0) is 4.79 Å². The maximum Gasteiger partial charge on any atom is 0.236 e. The van der Waals surface area contributed by atoms with Crippen LogP contribution in [0.25, 0.3) is 0 Å². The summed E-state index contributed by atoms with van der Waals surface area (Å²) < 4.78 is 0. The van der Waals surface area contributed by atoms with Gasteiger partial charge in [0.15, 0.2) is 0 Å². The number of amides is 1. The molecule has 5 heteroatoms. The van der Waals surface area contributed by atoms with Crippen LogP contribution in [0.1, 0.15) is 6.92 Å². The monoisotopic (exact) mass is 229 g/mol. The van der Waals surface area contributed by atoms with Crippen LogP contribution in [0.4, 0.5) is 11.4 Å². The van der Waals surface area contributed by atoms with E-state index in [1.807, 2.05) is 30.0 Å². The fourth-order valence-electron chi connectivity index (χ4n) is 1.33.